The first-order valence-electron chi connectivity index (χ1n) is 10.2. The standard InChI is InChI=1S/C25H27BrClNO3/c1-3-30-24-15-20(16-28-13-12-18-6-10-22(29-2)11-7-18)14-23(26)25(24)31-17-19-4-8-21(27)9-5-19/h4-11,14-15,28H,3,12-13,16-17H2,1-2H3. The first-order chi connectivity index (χ1) is 15.1. The lowest BCUT2D eigenvalue weighted by molar-refractivity contribution is 0.267. The molecule has 3 aromatic carbocycles. The van der Waals surface area contributed by atoms with E-state index in [-0.39, 0.29) is 0 Å². The van der Waals surface area contributed by atoms with E-state index in [4.69, 9.17) is 25.8 Å². The van der Waals surface area contributed by atoms with Gasteiger partial charge in [-0.05, 0) is 88.9 Å². The Balaban J connectivity index is 1.58. The van der Waals surface area contributed by atoms with Gasteiger partial charge in [-0.1, -0.05) is 35.9 Å². The average molecular weight is 505 g/mol. The zero-order chi connectivity index (χ0) is 22.1. The topological polar surface area (TPSA) is 39.7 Å². The van der Waals surface area contributed by atoms with Crippen LogP contribution in [-0.2, 0) is 19.6 Å². The molecule has 0 heterocycles. The Morgan fingerprint density at radius 1 is 0.903 bits per heavy atom. The molecule has 0 saturated carbocycles. The number of nitrogens with one attached hydrogen (secondary N) is 1. The highest BCUT2D eigenvalue weighted by Gasteiger charge is 2.13. The van der Waals surface area contributed by atoms with E-state index in [0.29, 0.717) is 24.0 Å². The van der Waals surface area contributed by atoms with Gasteiger partial charge in [0.15, 0.2) is 11.5 Å². The fraction of sp³-hybridized carbons (Fsp3) is 0.280. The summed E-state index contributed by atoms with van der Waals surface area (Å²) >= 11 is 9.60. The Bertz CT molecular complexity index is 962. The number of hydrogen-bond acceptors (Lipinski definition) is 4. The third-order valence-electron chi connectivity index (χ3n) is 4.74. The molecule has 0 aliphatic rings. The van der Waals surface area contributed by atoms with Gasteiger partial charge >= 0.3 is 0 Å². The fourth-order valence-electron chi connectivity index (χ4n) is 3.12. The van der Waals surface area contributed by atoms with Crippen molar-refractivity contribution in [1.29, 1.82) is 0 Å². The van der Waals surface area contributed by atoms with Crippen LogP contribution in [0.2, 0.25) is 5.02 Å². The summed E-state index contributed by atoms with van der Waals surface area (Å²) in [7, 11) is 1.68. The van der Waals surface area contributed by atoms with Crippen LogP contribution in [0.5, 0.6) is 17.2 Å². The minimum Gasteiger partial charge on any atom is -0.497 e. The molecule has 4 nitrogen and oxygen atoms in total. The second-order valence-corrected chi connectivity index (χ2v) is 8.32. The Kier molecular flexibility index (Phi) is 9.07. The van der Waals surface area contributed by atoms with Crippen molar-refractivity contribution in [1.82, 2.24) is 5.32 Å². The van der Waals surface area contributed by atoms with Crippen molar-refractivity contribution in [3.05, 3.63) is 86.8 Å². The number of methoxy groups -OCH3 is 1. The predicted molar refractivity (Wildman–Crippen MR) is 129 cm³/mol. The summed E-state index contributed by atoms with van der Waals surface area (Å²) in [5, 5.41) is 4.21. The van der Waals surface area contributed by atoms with E-state index in [1.54, 1.807) is 7.11 Å². The van der Waals surface area contributed by atoms with Gasteiger partial charge in [0, 0.05) is 11.6 Å². The highest BCUT2D eigenvalue weighted by molar-refractivity contribution is 9.10. The lowest BCUT2D eigenvalue weighted by atomic mass is 10.1. The summed E-state index contributed by atoms with van der Waals surface area (Å²) in [6.45, 7) is 4.60. The average Bonchev–Trinajstić information content (AvgIpc) is 2.78. The smallest absolute Gasteiger partial charge is 0.175 e. The van der Waals surface area contributed by atoms with Gasteiger partial charge in [-0.25, -0.2) is 0 Å². The maximum Gasteiger partial charge on any atom is 0.175 e. The normalized spacial score (nSPS) is 10.7. The molecule has 164 valence electrons. The molecule has 0 spiro atoms. The van der Waals surface area contributed by atoms with Gasteiger partial charge in [-0.3, -0.25) is 0 Å². The van der Waals surface area contributed by atoms with Crippen LogP contribution in [0, 0.1) is 0 Å². The minimum atomic E-state index is 0.440. The molecule has 31 heavy (non-hydrogen) atoms. The maximum atomic E-state index is 6.06. The fourth-order valence-corrected chi connectivity index (χ4v) is 3.85. The van der Waals surface area contributed by atoms with Gasteiger partial charge in [0.25, 0.3) is 0 Å². The van der Waals surface area contributed by atoms with Crippen molar-refractivity contribution in [3.63, 3.8) is 0 Å². The SMILES string of the molecule is CCOc1cc(CNCCc2ccc(OC)cc2)cc(Br)c1OCc1ccc(Cl)cc1. The third-order valence-corrected chi connectivity index (χ3v) is 5.59. The molecule has 0 radical (unpaired) electrons. The number of hydrogen-bond donors (Lipinski definition) is 1. The van der Waals surface area contributed by atoms with E-state index in [9.17, 15) is 0 Å². The van der Waals surface area contributed by atoms with E-state index in [1.165, 1.54) is 5.56 Å². The molecule has 0 aliphatic carbocycles. The molecular weight excluding hydrogens is 478 g/mol. The molecule has 3 aromatic rings. The third kappa shape index (κ3) is 7.17. The molecule has 0 atom stereocenters. The van der Waals surface area contributed by atoms with Gasteiger partial charge in [-0.15, -0.1) is 0 Å². The molecular formula is C25H27BrClNO3. The van der Waals surface area contributed by atoms with Crippen molar-refractivity contribution in [2.45, 2.75) is 26.5 Å². The Hall–Kier alpha value is -2.21. The van der Waals surface area contributed by atoms with Crippen LogP contribution in [-0.4, -0.2) is 20.3 Å². The summed E-state index contributed by atoms with van der Waals surface area (Å²) < 4.78 is 18.0. The van der Waals surface area contributed by atoms with Crippen LogP contribution in [0.4, 0.5) is 0 Å². The van der Waals surface area contributed by atoms with E-state index >= 15 is 0 Å². The molecule has 3 rings (SSSR count). The van der Waals surface area contributed by atoms with Gasteiger partial charge in [0.1, 0.15) is 12.4 Å². The molecule has 6 heteroatoms. The maximum absolute atomic E-state index is 6.06. The summed E-state index contributed by atoms with van der Waals surface area (Å²) in [5.74, 6) is 2.32. The Labute approximate surface area is 197 Å². The van der Waals surface area contributed by atoms with Crippen molar-refractivity contribution in [2.75, 3.05) is 20.3 Å². The summed E-state index contributed by atoms with van der Waals surface area (Å²) in [4.78, 5) is 0. The van der Waals surface area contributed by atoms with E-state index in [2.05, 4.69) is 39.4 Å². The second kappa shape index (κ2) is 12.0. The molecule has 0 bridgehead atoms. The van der Waals surface area contributed by atoms with Crippen LogP contribution in [0.15, 0.2) is 65.1 Å². The number of halogens is 2. The molecule has 0 amide bonds. The molecule has 0 aromatic heterocycles. The van der Waals surface area contributed by atoms with Crippen molar-refractivity contribution in [2.24, 2.45) is 0 Å². The molecule has 0 unspecified atom stereocenters. The summed E-state index contributed by atoms with van der Waals surface area (Å²) in [6.07, 6.45) is 0.950. The van der Waals surface area contributed by atoms with Gasteiger partial charge in [0.05, 0.1) is 18.2 Å². The van der Waals surface area contributed by atoms with Crippen molar-refractivity contribution < 1.29 is 14.2 Å². The molecule has 0 fully saturated rings. The Morgan fingerprint density at radius 3 is 2.29 bits per heavy atom. The van der Waals surface area contributed by atoms with Crippen LogP contribution in [0.3, 0.4) is 0 Å². The van der Waals surface area contributed by atoms with Gasteiger partial charge < -0.3 is 19.5 Å². The van der Waals surface area contributed by atoms with Crippen molar-refractivity contribution >= 4 is 27.5 Å². The van der Waals surface area contributed by atoms with E-state index < -0.39 is 0 Å². The largest absolute Gasteiger partial charge is 0.497 e. The quantitative estimate of drug-likeness (QED) is 0.306. The van der Waals surface area contributed by atoms with Crippen molar-refractivity contribution in [3.8, 4) is 17.2 Å². The zero-order valence-corrected chi connectivity index (χ0v) is 20.1. The van der Waals surface area contributed by atoms with Gasteiger partial charge in [-0.2, -0.15) is 0 Å². The molecule has 0 saturated heterocycles. The first kappa shape index (κ1) is 23.5. The first-order valence-corrected chi connectivity index (χ1v) is 11.4. The minimum absolute atomic E-state index is 0.440. The van der Waals surface area contributed by atoms with Crippen LogP contribution in [0.1, 0.15) is 23.6 Å². The second-order valence-electron chi connectivity index (χ2n) is 7.03. The monoisotopic (exact) mass is 503 g/mol. The summed E-state index contributed by atoms with van der Waals surface area (Å²) in [5.41, 5.74) is 3.45. The van der Waals surface area contributed by atoms with Crippen LogP contribution in [0.25, 0.3) is 0 Å². The van der Waals surface area contributed by atoms with Crippen LogP contribution < -0.4 is 19.5 Å². The predicted octanol–water partition coefficient (Wildman–Crippen LogP) is 6.42. The lowest BCUT2D eigenvalue weighted by Gasteiger charge is -2.16. The lowest BCUT2D eigenvalue weighted by Crippen LogP contribution is -2.17. The molecule has 0 aliphatic heterocycles. The molecule has 1 N–H and O–H groups in total. The summed E-state index contributed by atoms with van der Waals surface area (Å²) in [6, 6.07) is 19.9. The number of ether oxygens (including phenoxy) is 3. The highest BCUT2D eigenvalue weighted by atomic mass is 79.9. The highest BCUT2D eigenvalue weighted by Crippen LogP contribution is 2.37. The Morgan fingerprint density at radius 2 is 1.61 bits per heavy atom. The number of rotatable bonds is 11. The van der Waals surface area contributed by atoms with E-state index in [1.807, 2.05) is 49.4 Å². The zero-order valence-electron chi connectivity index (χ0n) is 17.8. The number of benzene rings is 3. The van der Waals surface area contributed by atoms with E-state index in [0.717, 1.165) is 46.6 Å². The van der Waals surface area contributed by atoms with Crippen LogP contribution >= 0.6 is 27.5 Å². The van der Waals surface area contributed by atoms with Gasteiger partial charge in [0.2, 0.25) is 0 Å².